The quantitative estimate of drug-likeness (QED) is 0.780. The molecule has 2 rings (SSSR count). The molecule has 1 aromatic carbocycles. The first-order chi connectivity index (χ1) is 8.10. The third-order valence-corrected chi connectivity index (χ3v) is 4.61. The Balaban J connectivity index is 2.80. The standard InChI is InChI=1S/C11H11Br3N2O/c1-17-10-6(12)4-7-8(9(10)13)5(2-3-15)11(14)16-7/h4,16H,2-3,15H2,1H3. The van der Waals surface area contributed by atoms with Crippen LogP contribution >= 0.6 is 47.8 Å². The number of aromatic nitrogens is 1. The highest BCUT2D eigenvalue weighted by molar-refractivity contribution is 9.11. The average Bonchev–Trinajstić information content (AvgIpc) is 2.56. The third kappa shape index (κ3) is 2.28. The van der Waals surface area contributed by atoms with Gasteiger partial charge in [0.15, 0.2) is 0 Å². The summed E-state index contributed by atoms with van der Waals surface area (Å²) in [6.07, 6.45) is 0.809. The van der Waals surface area contributed by atoms with Crippen LogP contribution in [0.1, 0.15) is 5.56 Å². The second-order valence-corrected chi connectivity index (χ2v) is 6.02. The average molecular weight is 427 g/mol. The number of halogens is 3. The van der Waals surface area contributed by atoms with Crippen molar-refractivity contribution in [1.82, 2.24) is 4.98 Å². The van der Waals surface area contributed by atoms with Gasteiger partial charge in [-0.2, -0.15) is 0 Å². The Bertz CT molecular complexity index is 566. The van der Waals surface area contributed by atoms with Crippen molar-refractivity contribution >= 4 is 58.7 Å². The lowest BCUT2D eigenvalue weighted by molar-refractivity contribution is 0.410. The maximum Gasteiger partial charge on any atom is 0.147 e. The van der Waals surface area contributed by atoms with Crippen LogP contribution in [0.15, 0.2) is 19.6 Å². The molecule has 3 nitrogen and oxygen atoms in total. The molecule has 0 fully saturated rings. The van der Waals surface area contributed by atoms with Crippen LogP contribution in [0.3, 0.4) is 0 Å². The summed E-state index contributed by atoms with van der Waals surface area (Å²) in [6.45, 7) is 0.608. The number of hydrogen-bond donors (Lipinski definition) is 2. The molecule has 1 aromatic heterocycles. The number of benzene rings is 1. The molecule has 92 valence electrons. The van der Waals surface area contributed by atoms with Gasteiger partial charge in [0.2, 0.25) is 0 Å². The first-order valence-electron chi connectivity index (χ1n) is 5.02. The van der Waals surface area contributed by atoms with Crippen LogP contribution in [0.2, 0.25) is 0 Å². The predicted octanol–water partition coefficient (Wildman–Crippen LogP) is 3.97. The normalized spacial score (nSPS) is 11.1. The van der Waals surface area contributed by atoms with Crippen molar-refractivity contribution in [2.24, 2.45) is 5.73 Å². The van der Waals surface area contributed by atoms with Crippen molar-refractivity contribution in [1.29, 1.82) is 0 Å². The number of rotatable bonds is 3. The number of hydrogen-bond acceptors (Lipinski definition) is 2. The SMILES string of the molecule is COc1c(Br)cc2[nH]c(Br)c(CCN)c2c1Br. The lowest BCUT2D eigenvalue weighted by atomic mass is 10.1. The molecule has 6 heteroatoms. The topological polar surface area (TPSA) is 51.0 Å². The highest BCUT2D eigenvalue weighted by atomic mass is 79.9. The van der Waals surface area contributed by atoms with E-state index in [1.807, 2.05) is 6.07 Å². The first kappa shape index (κ1) is 13.4. The summed E-state index contributed by atoms with van der Waals surface area (Å²) in [5.74, 6) is 0.794. The first-order valence-corrected chi connectivity index (χ1v) is 7.40. The highest BCUT2D eigenvalue weighted by Crippen LogP contribution is 2.42. The van der Waals surface area contributed by atoms with Crippen molar-refractivity contribution in [3.05, 3.63) is 25.2 Å². The van der Waals surface area contributed by atoms with E-state index >= 15 is 0 Å². The summed E-state index contributed by atoms with van der Waals surface area (Å²) in [5, 5.41) is 1.11. The van der Waals surface area contributed by atoms with Gasteiger partial charge in [0.25, 0.3) is 0 Å². The van der Waals surface area contributed by atoms with Gasteiger partial charge in [0.05, 0.1) is 20.7 Å². The molecule has 0 bridgehead atoms. The van der Waals surface area contributed by atoms with Crippen molar-refractivity contribution in [3.8, 4) is 5.75 Å². The molecule has 0 aliphatic heterocycles. The number of nitrogens with one attached hydrogen (secondary N) is 1. The number of fused-ring (bicyclic) bond motifs is 1. The van der Waals surface area contributed by atoms with Crippen molar-refractivity contribution in [2.75, 3.05) is 13.7 Å². The second-order valence-electron chi connectivity index (χ2n) is 3.58. The van der Waals surface area contributed by atoms with Gasteiger partial charge in [-0.15, -0.1) is 0 Å². The lowest BCUT2D eigenvalue weighted by Gasteiger charge is -2.08. The number of ether oxygens (including phenoxy) is 1. The van der Waals surface area contributed by atoms with Gasteiger partial charge in [0.1, 0.15) is 5.75 Å². The molecule has 0 atom stereocenters. The summed E-state index contributed by atoms with van der Waals surface area (Å²) in [5.41, 5.74) is 7.85. The van der Waals surface area contributed by atoms with E-state index in [0.717, 1.165) is 36.6 Å². The largest absolute Gasteiger partial charge is 0.494 e. The predicted molar refractivity (Wildman–Crippen MR) is 80.7 cm³/mol. The van der Waals surface area contributed by atoms with Gasteiger partial charge in [-0.3, -0.25) is 0 Å². The Morgan fingerprint density at radius 1 is 1.35 bits per heavy atom. The maximum absolute atomic E-state index is 5.64. The minimum atomic E-state index is 0.608. The zero-order valence-electron chi connectivity index (χ0n) is 9.11. The number of nitrogens with two attached hydrogens (primary N) is 1. The van der Waals surface area contributed by atoms with Gasteiger partial charge in [-0.25, -0.2) is 0 Å². The Morgan fingerprint density at radius 2 is 2.06 bits per heavy atom. The van der Waals surface area contributed by atoms with Gasteiger partial charge in [-0.1, -0.05) is 0 Å². The van der Waals surface area contributed by atoms with E-state index in [1.165, 1.54) is 5.56 Å². The molecule has 0 saturated carbocycles. The van der Waals surface area contributed by atoms with Gasteiger partial charge >= 0.3 is 0 Å². The minimum absolute atomic E-state index is 0.608. The van der Waals surface area contributed by atoms with Crippen LogP contribution in [0.4, 0.5) is 0 Å². The molecule has 0 radical (unpaired) electrons. The van der Waals surface area contributed by atoms with Crippen LogP contribution in [0.25, 0.3) is 10.9 Å². The number of methoxy groups -OCH3 is 1. The van der Waals surface area contributed by atoms with E-state index < -0.39 is 0 Å². The monoisotopic (exact) mass is 424 g/mol. The second kappa shape index (κ2) is 5.30. The summed E-state index contributed by atoms with van der Waals surface area (Å²) in [6, 6.07) is 2.00. The zero-order valence-corrected chi connectivity index (χ0v) is 13.9. The van der Waals surface area contributed by atoms with E-state index in [4.69, 9.17) is 10.5 Å². The van der Waals surface area contributed by atoms with Crippen LogP contribution in [0, 0.1) is 0 Å². The van der Waals surface area contributed by atoms with Gasteiger partial charge in [-0.05, 0) is 72.4 Å². The van der Waals surface area contributed by atoms with Crippen molar-refractivity contribution < 1.29 is 4.74 Å². The molecule has 0 aliphatic carbocycles. The van der Waals surface area contributed by atoms with Gasteiger partial charge in [0, 0.05) is 10.9 Å². The number of aromatic amines is 1. The smallest absolute Gasteiger partial charge is 0.147 e. The van der Waals surface area contributed by atoms with E-state index in [1.54, 1.807) is 7.11 Å². The van der Waals surface area contributed by atoms with Crippen molar-refractivity contribution in [2.45, 2.75) is 6.42 Å². The lowest BCUT2D eigenvalue weighted by Crippen LogP contribution is -2.02. The molecular weight excluding hydrogens is 416 g/mol. The van der Waals surface area contributed by atoms with Crippen LogP contribution < -0.4 is 10.5 Å². The molecule has 17 heavy (non-hydrogen) atoms. The molecule has 0 saturated heterocycles. The maximum atomic E-state index is 5.64. The fourth-order valence-corrected chi connectivity index (χ4v) is 4.16. The molecule has 0 amide bonds. The summed E-state index contributed by atoms with van der Waals surface area (Å²) in [4.78, 5) is 3.29. The van der Waals surface area contributed by atoms with Crippen LogP contribution in [0.5, 0.6) is 5.75 Å². The Kier molecular flexibility index (Phi) is 4.18. The fourth-order valence-electron chi connectivity index (χ4n) is 1.86. The molecule has 1 heterocycles. The molecule has 3 N–H and O–H groups in total. The zero-order chi connectivity index (χ0) is 12.6. The van der Waals surface area contributed by atoms with Crippen LogP contribution in [-0.2, 0) is 6.42 Å². The molecule has 0 spiro atoms. The van der Waals surface area contributed by atoms with Gasteiger partial charge < -0.3 is 15.5 Å². The van der Waals surface area contributed by atoms with Crippen molar-refractivity contribution in [3.63, 3.8) is 0 Å². The Labute approximate surface area is 124 Å². The molecule has 0 unspecified atom stereocenters. The Morgan fingerprint density at radius 3 is 2.65 bits per heavy atom. The minimum Gasteiger partial charge on any atom is -0.494 e. The van der Waals surface area contributed by atoms with E-state index in [-0.39, 0.29) is 0 Å². The summed E-state index contributed by atoms with van der Waals surface area (Å²) < 4.78 is 8.19. The summed E-state index contributed by atoms with van der Waals surface area (Å²) >= 11 is 10.6. The van der Waals surface area contributed by atoms with Crippen LogP contribution in [-0.4, -0.2) is 18.6 Å². The third-order valence-electron chi connectivity index (χ3n) is 2.59. The fraction of sp³-hybridized carbons (Fsp3) is 0.273. The van der Waals surface area contributed by atoms with E-state index in [9.17, 15) is 0 Å². The number of H-pyrrole nitrogens is 1. The van der Waals surface area contributed by atoms with E-state index in [2.05, 4.69) is 52.8 Å². The van der Waals surface area contributed by atoms with E-state index in [0.29, 0.717) is 6.54 Å². The highest BCUT2D eigenvalue weighted by Gasteiger charge is 2.17. The molecular formula is C11H11Br3N2O. The molecule has 2 aromatic rings. The Hall–Kier alpha value is -0.0400. The molecule has 0 aliphatic rings. The summed E-state index contributed by atoms with van der Waals surface area (Å²) in [7, 11) is 1.65.